The van der Waals surface area contributed by atoms with Gasteiger partial charge in [-0.25, -0.2) is 19.7 Å². The number of fused-ring (bicyclic) bond motifs is 1. The molecule has 0 spiro atoms. The first kappa shape index (κ1) is 28.5. The van der Waals surface area contributed by atoms with Gasteiger partial charge in [-0.1, -0.05) is 5.92 Å². The molecular formula is C26H34N8O7. The molecule has 2 unspecified atom stereocenters. The lowest BCUT2D eigenvalue weighted by molar-refractivity contribution is -0.137. The maximum Gasteiger partial charge on any atom is 0.409 e. The zero-order valence-electron chi connectivity index (χ0n) is 22.7. The third kappa shape index (κ3) is 6.04. The summed E-state index contributed by atoms with van der Waals surface area (Å²) in [7, 11) is 0. The molecule has 0 radical (unpaired) electrons. The predicted octanol–water partition coefficient (Wildman–Crippen LogP) is -1.11. The minimum atomic E-state index is -1.44. The molecule has 3 fully saturated rings. The average Bonchev–Trinajstić information content (AvgIpc) is 3.65. The number of anilines is 1. The van der Waals surface area contributed by atoms with E-state index < -0.39 is 36.5 Å². The highest BCUT2D eigenvalue weighted by Gasteiger charge is 2.47. The van der Waals surface area contributed by atoms with Crippen molar-refractivity contribution in [3.8, 4) is 11.8 Å². The van der Waals surface area contributed by atoms with Gasteiger partial charge in [-0.3, -0.25) is 14.2 Å². The number of piperidine rings is 1. The molecule has 3 amide bonds. The second-order valence-electron chi connectivity index (χ2n) is 10.4. The third-order valence-electron chi connectivity index (χ3n) is 7.60. The average molecular weight is 571 g/mol. The monoisotopic (exact) mass is 570 g/mol. The van der Waals surface area contributed by atoms with Gasteiger partial charge in [0.25, 0.3) is 5.91 Å². The third-order valence-corrected chi connectivity index (χ3v) is 7.60. The van der Waals surface area contributed by atoms with Crippen molar-refractivity contribution in [1.82, 2.24) is 35.1 Å². The highest BCUT2D eigenvalue weighted by atomic mass is 16.6. The van der Waals surface area contributed by atoms with Gasteiger partial charge in [-0.05, 0) is 38.0 Å². The number of nitrogens with zero attached hydrogens (tertiary/aromatic N) is 5. The van der Waals surface area contributed by atoms with Gasteiger partial charge in [-0.15, -0.1) is 0 Å². The standard InChI is InChI=1S/C26H34N8O7/c1-2-28-24(38)20-18(35)19(36)25(41-20)34-13-30-17-21(27)31-16(32-22(17)34)5-3-4-14-7-10-33(11-8-14)26(39)40-12-15-6-9-29-23(15)37/h13-15,18-20,25,35-36H,2,4,6-12H2,1H3,(H,28,38)(H,29,37)(H2,27,31,32)/t15?,18?,19-,20-,25+/m0/s1. The number of carbonyl (C=O) groups is 3. The second kappa shape index (κ2) is 12.2. The van der Waals surface area contributed by atoms with Crippen molar-refractivity contribution >= 4 is 34.9 Å². The maximum atomic E-state index is 12.4. The van der Waals surface area contributed by atoms with Gasteiger partial charge in [0.15, 0.2) is 23.8 Å². The Morgan fingerprint density at radius 2 is 2.02 bits per heavy atom. The lowest BCUT2D eigenvalue weighted by atomic mass is 9.94. The number of nitrogen functional groups attached to an aromatic ring is 1. The number of amides is 3. The van der Waals surface area contributed by atoms with Crippen molar-refractivity contribution in [2.45, 2.75) is 57.1 Å². The van der Waals surface area contributed by atoms with E-state index >= 15 is 0 Å². The largest absolute Gasteiger partial charge is 0.449 e. The highest BCUT2D eigenvalue weighted by molar-refractivity contribution is 5.83. The molecule has 3 saturated heterocycles. The molecule has 5 heterocycles. The van der Waals surface area contributed by atoms with Crippen LogP contribution < -0.4 is 16.4 Å². The topological polar surface area (TPSA) is 207 Å². The zero-order valence-corrected chi connectivity index (χ0v) is 22.7. The summed E-state index contributed by atoms with van der Waals surface area (Å²) in [5, 5.41) is 26.3. The highest BCUT2D eigenvalue weighted by Crippen LogP contribution is 2.32. The van der Waals surface area contributed by atoms with Gasteiger partial charge in [0.2, 0.25) is 11.7 Å². The van der Waals surface area contributed by atoms with Crippen LogP contribution in [0.2, 0.25) is 0 Å². The van der Waals surface area contributed by atoms with Crippen molar-refractivity contribution in [1.29, 1.82) is 0 Å². The SMILES string of the molecule is CCNC(=O)[C@H]1O[C@@H](n2cnc3c(N)nc(C#CCC4CCN(C(=O)OCC5CCNC5=O)CC4)nc32)[C@@H](O)C1O. The molecule has 6 N–H and O–H groups in total. The van der Waals surface area contributed by atoms with Gasteiger partial charge < -0.3 is 41.0 Å². The van der Waals surface area contributed by atoms with Crippen molar-refractivity contribution in [2.75, 3.05) is 38.5 Å². The number of nitrogens with one attached hydrogen (secondary N) is 2. The number of nitrogens with two attached hydrogens (primary N) is 1. The number of ether oxygens (including phenoxy) is 2. The number of hydrogen-bond donors (Lipinski definition) is 5. The Bertz CT molecular complexity index is 1360. The van der Waals surface area contributed by atoms with Gasteiger partial charge >= 0.3 is 6.09 Å². The van der Waals surface area contributed by atoms with Crippen LogP contribution in [0, 0.1) is 23.7 Å². The van der Waals surface area contributed by atoms with Crippen molar-refractivity contribution in [2.24, 2.45) is 11.8 Å². The molecule has 2 aromatic rings. The summed E-state index contributed by atoms with van der Waals surface area (Å²) in [5.74, 6) is 5.67. The van der Waals surface area contributed by atoms with Crippen LogP contribution in [-0.2, 0) is 19.1 Å². The van der Waals surface area contributed by atoms with Crippen LogP contribution in [0.15, 0.2) is 6.33 Å². The zero-order chi connectivity index (χ0) is 29.1. The van der Waals surface area contributed by atoms with Gasteiger partial charge in [0, 0.05) is 32.6 Å². The molecule has 2 aromatic heterocycles. The van der Waals surface area contributed by atoms with Crippen molar-refractivity contribution in [3.05, 3.63) is 12.2 Å². The Balaban J connectivity index is 1.19. The molecule has 5 atom stereocenters. The Morgan fingerprint density at radius 1 is 1.24 bits per heavy atom. The minimum absolute atomic E-state index is 0.0715. The van der Waals surface area contributed by atoms with Crippen LogP contribution in [-0.4, -0.2) is 104 Å². The first-order valence-electron chi connectivity index (χ1n) is 13.7. The number of aliphatic hydroxyl groups excluding tert-OH is 2. The van der Waals surface area contributed by atoms with E-state index in [9.17, 15) is 24.6 Å². The van der Waals surface area contributed by atoms with Crippen LogP contribution in [0.1, 0.15) is 44.7 Å². The summed E-state index contributed by atoms with van der Waals surface area (Å²) in [6.07, 6.45) is -1.51. The van der Waals surface area contributed by atoms with Crippen molar-refractivity contribution < 1.29 is 34.1 Å². The first-order chi connectivity index (χ1) is 19.8. The Morgan fingerprint density at radius 3 is 2.73 bits per heavy atom. The number of rotatable bonds is 6. The van der Waals surface area contributed by atoms with Crippen molar-refractivity contribution in [3.63, 3.8) is 0 Å². The summed E-state index contributed by atoms with van der Waals surface area (Å²) < 4.78 is 12.4. The van der Waals surface area contributed by atoms with Crippen LogP contribution in [0.5, 0.6) is 0 Å². The lowest BCUT2D eigenvalue weighted by Gasteiger charge is -2.30. The number of imidazole rings is 1. The number of aliphatic hydroxyl groups is 2. The molecule has 0 aromatic carbocycles. The van der Waals surface area contributed by atoms with Crippen LogP contribution in [0.3, 0.4) is 0 Å². The van der Waals surface area contributed by atoms with Gasteiger partial charge in [-0.2, -0.15) is 0 Å². The van der Waals surface area contributed by atoms with Gasteiger partial charge in [0.05, 0.1) is 12.2 Å². The van der Waals surface area contributed by atoms with E-state index in [0.29, 0.717) is 39.0 Å². The molecule has 0 bridgehead atoms. The molecule has 15 heteroatoms. The van der Waals surface area contributed by atoms with Gasteiger partial charge in [0.1, 0.15) is 24.3 Å². The number of aromatic nitrogens is 4. The number of carbonyl (C=O) groups excluding carboxylic acids is 3. The molecule has 41 heavy (non-hydrogen) atoms. The molecule has 5 rings (SSSR count). The van der Waals surface area contributed by atoms with Crippen LogP contribution in [0.4, 0.5) is 10.6 Å². The molecule has 15 nitrogen and oxygen atoms in total. The normalized spacial score (nSPS) is 26.5. The second-order valence-corrected chi connectivity index (χ2v) is 10.4. The summed E-state index contributed by atoms with van der Waals surface area (Å²) in [4.78, 5) is 50.8. The van der Waals surface area contributed by atoms with E-state index in [1.807, 2.05) is 0 Å². The molecule has 220 valence electrons. The maximum absolute atomic E-state index is 12.4. The molecule has 3 aliphatic rings. The van der Waals surface area contributed by atoms with E-state index in [4.69, 9.17) is 15.2 Å². The Kier molecular flexibility index (Phi) is 8.52. The molecule has 3 aliphatic heterocycles. The molecule has 0 saturated carbocycles. The summed E-state index contributed by atoms with van der Waals surface area (Å²) in [6, 6.07) is 0. The fraction of sp³-hybridized carbons (Fsp3) is 0.615. The van der Waals surface area contributed by atoms with E-state index in [1.54, 1.807) is 11.8 Å². The van der Waals surface area contributed by atoms with E-state index in [-0.39, 0.29) is 47.2 Å². The summed E-state index contributed by atoms with van der Waals surface area (Å²) in [5.41, 5.74) is 6.61. The first-order valence-corrected chi connectivity index (χ1v) is 13.7. The van der Waals surface area contributed by atoms with E-state index in [2.05, 4.69) is 37.4 Å². The minimum Gasteiger partial charge on any atom is -0.449 e. The fourth-order valence-corrected chi connectivity index (χ4v) is 5.22. The number of likely N-dealkylation sites (N-methyl/N-ethyl adjacent to an activating group) is 1. The summed E-state index contributed by atoms with van der Waals surface area (Å²) in [6.45, 7) is 3.89. The smallest absolute Gasteiger partial charge is 0.409 e. The van der Waals surface area contributed by atoms with Crippen LogP contribution in [0.25, 0.3) is 11.2 Å². The molecule has 0 aliphatic carbocycles. The Hall–Kier alpha value is -4.00. The Labute approximate surface area is 235 Å². The molecular weight excluding hydrogens is 536 g/mol. The van der Waals surface area contributed by atoms with Crippen LogP contribution >= 0.6 is 0 Å². The predicted molar refractivity (Wildman–Crippen MR) is 143 cm³/mol. The fourth-order valence-electron chi connectivity index (χ4n) is 5.22. The summed E-state index contributed by atoms with van der Waals surface area (Å²) >= 11 is 0. The number of hydrogen-bond acceptors (Lipinski definition) is 11. The number of likely N-dealkylation sites (tertiary alicyclic amines) is 1. The van der Waals surface area contributed by atoms with E-state index in [1.165, 1.54) is 10.9 Å². The quantitative estimate of drug-likeness (QED) is 0.263. The van der Waals surface area contributed by atoms with E-state index in [0.717, 1.165) is 12.8 Å². The lowest BCUT2D eigenvalue weighted by Crippen LogP contribution is -2.42.